The normalized spacial score (nSPS) is 21.3. The summed E-state index contributed by atoms with van der Waals surface area (Å²) in [6.07, 6.45) is 14.7. The van der Waals surface area contributed by atoms with E-state index in [0.717, 1.165) is 6.54 Å². The van der Waals surface area contributed by atoms with Crippen molar-refractivity contribution in [2.75, 3.05) is 6.54 Å². The summed E-state index contributed by atoms with van der Waals surface area (Å²) in [4.78, 5) is 4.87. The monoisotopic (exact) mass is 279 g/mol. The highest BCUT2D eigenvalue weighted by Crippen LogP contribution is 2.16. The Labute approximate surface area is 121 Å². The quantitative estimate of drug-likeness (QED) is 0.568. The molecule has 1 aliphatic heterocycles. The van der Waals surface area contributed by atoms with Crippen molar-refractivity contribution in [1.29, 1.82) is 0 Å². The van der Waals surface area contributed by atoms with E-state index in [-0.39, 0.29) is 0 Å². The Morgan fingerprint density at radius 1 is 0.895 bits per heavy atom. The second-order valence-electron chi connectivity index (χ2n) is 7.03. The first-order valence-electron chi connectivity index (χ1n) is 8.22. The molecule has 1 nitrogen and oxygen atoms in total. The number of hydrogen-bond acceptors (Lipinski definition) is 1. The van der Waals surface area contributed by atoms with E-state index < -0.39 is 8.07 Å². The van der Waals surface area contributed by atoms with Crippen molar-refractivity contribution in [3.8, 4) is 0 Å². The van der Waals surface area contributed by atoms with Gasteiger partial charge in [-0.1, -0.05) is 63.4 Å². The number of allylic oxidation sites excluding steroid dienone is 2. The fourth-order valence-electron chi connectivity index (χ4n) is 2.36. The van der Waals surface area contributed by atoms with Gasteiger partial charge in [0.05, 0.1) is 8.07 Å². The van der Waals surface area contributed by atoms with E-state index in [1.165, 1.54) is 63.5 Å². The summed E-state index contributed by atoms with van der Waals surface area (Å²) in [6, 6.07) is 0. The SMILES string of the molecule is C/C(=C\C1=NCCCCCCCCCC1)[Si](C)(C)C. The number of nitrogens with zero attached hydrogens (tertiary/aromatic N) is 1. The van der Waals surface area contributed by atoms with E-state index in [1.807, 2.05) is 0 Å². The van der Waals surface area contributed by atoms with Crippen LogP contribution in [0.5, 0.6) is 0 Å². The Kier molecular flexibility index (Phi) is 7.66. The van der Waals surface area contributed by atoms with Crippen molar-refractivity contribution in [2.24, 2.45) is 4.99 Å². The fourth-order valence-corrected chi connectivity index (χ4v) is 2.96. The second kappa shape index (κ2) is 8.73. The molecule has 0 saturated heterocycles. The fraction of sp³-hybridized carbons (Fsp3) is 0.824. The van der Waals surface area contributed by atoms with Crippen LogP contribution in [0.4, 0.5) is 0 Å². The van der Waals surface area contributed by atoms with Crippen LogP contribution in [0.3, 0.4) is 0 Å². The Hall–Kier alpha value is -0.373. The van der Waals surface area contributed by atoms with Gasteiger partial charge < -0.3 is 0 Å². The summed E-state index contributed by atoms with van der Waals surface area (Å²) in [5.74, 6) is 0. The van der Waals surface area contributed by atoms with Crippen LogP contribution < -0.4 is 0 Å². The average molecular weight is 280 g/mol. The van der Waals surface area contributed by atoms with Gasteiger partial charge in [0.25, 0.3) is 0 Å². The zero-order valence-corrected chi connectivity index (χ0v) is 14.6. The molecule has 0 radical (unpaired) electrons. The smallest absolute Gasteiger partial charge is 0.0721 e. The molecule has 0 aliphatic carbocycles. The molecule has 1 rings (SSSR count). The summed E-state index contributed by atoms with van der Waals surface area (Å²) < 4.78 is 0. The molecular weight excluding hydrogens is 246 g/mol. The van der Waals surface area contributed by atoms with Crippen molar-refractivity contribution in [2.45, 2.75) is 84.4 Å². The van der Waals surface area contributed by atoms with Crippen molar-refractivity contribution < 1.29 is 0 Å². The second-order valence-corrected chi connectivity index (χ2v) is 12.3. The number of rotatable bonds is 2. The number of aliphatic imine (C=N–C) groups is 1. The molecule has 2 heteroatoms. The van der Waals surface area contributed by atoms with Crippen LogP contribution in [-0.2, 0) is 0 Å². The van der Waals surface area contributed by atoms with E-state index in [4.69, 9.17) is 4.99 Å². The Morgan fingerprint density at radius 3 is 2.00 bits per heavy atom. The zero-order valence-electron chi connectivity index (χ0n) is 13.6. The van der Waals surface area contributed by atoms with Gasteiger partial charge in [0.1, 0.15) is 0 Å². The summed E-state index contributed by atoms with van der Waals surface area (Å²) in [5, 5.41) is 1.60. The van der Waals surface area contributed by atoms with Gasteiger partial charge in [-0.25, -0.2) is 0 Å². The van der Waals surface area contributed by atoms with E-state index in [2.05, 4.69) is 32.6 Å². The van der Waals surface area contributed by atoms with Gasteiger partial charge in [-0.2, -0.15) is 0 Å². The topological polar surface area (TPSA) is 12.4 Å². The number of hydrogen-bond donors (Lipinski definition) is 0. The largest absolute Gasteiger partial charge is 0.290 e. The first kappa shape index (κ1) is 16.7. The predicted octanol–water partition coefficient (Wildman–Crippen LogP) is 5.78. The molecule has 0 atom stereocenters. The van der Waals surface area contributed by atoms with E-state index in [9.17, 15) is 0 Å². The predicted molar refractivity (Wildman–Crippen MR) is 91.0 cm³/mol. The molecule has 0 unspecified atom stereocenters. The Morgan fingerprint density at radius 2 is 1.42 bits per heavy atom. The van der Waals surface area contributed by atoms with Gasteiger partial charge in [0.2, 0.25) is 0 Å². The lowest BCUT2D eigenvalue weighted by molar-refractivity contribution is 0.569. The molecule has 19 heavy (non-hydrogen) atoms. The van der Waals surface area contributed by atoms with Crippen LogP contribution in [0.25, 0.3) is 0 Å². The molecule has 0 aromatic heterocycles. The lowest BCUT2D eigenvalue weighted by Crippen LogP contribution is -2.23. The summed E-state index contributed by atoms with van der Waals surface area (Å²) in [5.41, 5.74) is 1.38. The van der Waals surface area contributed by atoms with Crippen LogP contribution >= 0.6 is 0 Å². The molecule has 0 amide bonds. The molecule has 0 spiro atoms. The van der Waals surface area contributed by atoms with Crippen molar-refractivity contribution in [1.82, 2.24) is 0 Å². The molecule has 0 fully saturated rings. The third kappa shape index (κ3) is 7.71. The van der Waals surface area contributed by atoms with Crippen molar-refractivity contribution >= 4 is 13.8 Å². The Balaban J connectivity index is 2.64. The zero-order chi connectivity index (χ0) is 14.1. The molecule has 1 heterocycles. The highest BCUT2D eigenvalue weighted by atomic mass is 28.3. The molecule has 0 aromatic carbocycles. The molecule has 0 aromatic rings. The third-order valence-corrected chi connectivity index (χ3v) is 6.73. The first-order valence-corrected chi connectivity index (χ1v) is 11.7. The van der Waals surface area contributed by atoms with Gasteiger partial charge in [-0.3, -0.25) is 4.99 Å². The van der Waals surface area contributed by atoms with E-state index >= 15 is 0 Å². The third-order valence-electron chi connectivity index (χ3n) is 4.22. The minimum Gasteiger partial charge on any atom is -0.290 e. The standard InChI is InChI=1S/C17H33NSi/c1-16(19(2,3)4)15-17-13-11-9-7-5-6-8-10-12-14-18-17/h15H,5-14H2,1-4H3/b16-15+,18-17?. The first-order chi connectivity index (χ1) is 9.00. The van der Waals surface area contributed by atoms with E-state index in [1.54, 1.807) is 5.20 Å². The maximum atomic E-state index is 4.87. The molecule has 110 valence electrons. The molecule has 0 N–H and O–H groups in total. The Bertz CT molecular complexity index is 310. The van der Waals surface area contributed by atoms with Gasteiger partial charge in [0, 0.05) is 12.3 Å². The lowest BCUT2D eigenvalue weighted by atomic mass is 10.0. The maximum absolute atomic E-state index is 4.87. The molecular formula is C17H33NSi. The highest BCUT2D eigenvalue weighted by Gasteiger charge is 2.15. The van der Waals surface area contributed by atoms with Crippen LogP contribution in [0.15, 0.2) is 16.3 Å². The average Bonchev–Trinajstić information content (AvgIpc) is 2.31. The van der Waals surface area contributed by atoms with E-state index in [0.29, 0.717) is 0 Å². The van der Waals surface area contributed by atoms with Crippen LogP contribution in [0.2, 0.25) is 19.6 Å². The minimum atomic E-state index is -1.13. The minimum absolute atomic E-state index is 1.05. The summed E-state index contributed by atoms with van der Waals surface area (Å²) in [6.45, 7) is 10.6. The van der Waals surface area contributed by atoms with Crippen molar-refractivity contribution in [3.05, 3.63) is 11.3 Å². The maximum Gasteiger partial charge on any atom is 0.0721 e. The van der Waals surface area contributed by atoms with Crippen LogP contribution in [0.1, 0.15) is 64.7 Å². The van der Waals surface area contributed by atoms with Gasteiger partial charge >= 0.3 is 0 Å². The summed E-state index contributed by atoms with van der Waals surface area (Å²) >= 11 is 0. The van der Waals surface area contributed by atoms with Crippen molar-refractivity contribution in [3.63, 3.8) is 0 Å². The highest BCUT2D eigenvalue weighted by molar-refractivity contribution is 6.83. The van der Waals surface area contributed by atoms with Crippen LogP contribution in [-0.4, -0.2) is 20.3 Å². The van der Waals surface area contributed by atoms with Gasteiger partial charge in [-0.05, 0) is 32.3 Å². The van der Waals surface area contributed by atoms with Gasteiger partial charge in [-0.15, -0.1) is 0 Å². The molecule has 0 bridgehead atoms. The van der Waals surface area contributed by atoms with Crippen LogP contribution in [0, 0.1) is 0 Å². The molecule has 1 aliphatic rings. The molecule has 0 saturated carbocycles. The lowest BCUT2D eigenvalue weighted by Gasteiger charge is -2.17. The summed E-state index contributed by atoms with van der Waals surface area (Å²) in [7, 11) is -1.13. The van der Waals surface area contributed by atoms with Gasteiger partial charge in [0.15, 0.2) is 0 Å².